The standard InChI is InChI=1S/C40H22F12N2O2P2/c41-37(42,43)25-5-13-29(14-6-25)57(55,30-15-7-26(8-16-30)38(44,45)46)33-21-3-23-1-2-24-4-22-34(54-36(24)35(23)53-33)58(56,31-17-9-27(10-18-31)39(47,48)49)32-19-11-28(12-20-32)40(50,51)52/h1-22H. The van der Waals surface area contributed by atoms with E-state index in [0.29, 0.717) is 59.3 Å². The summed E-state index contributed by atoms with van der Waals surface area (Å²) >= 11 is 0. The van der Waals surface area contributed by atoms with Crippen LogP contribution in [0.3, 0.4) is 0 Å². The lowest BCUT2D eigenvalue weighted by molar-refractivity contribution is -0.138. The zero-order valence-electron chi connectivity index (χ0n) is 28.8. The van der Waals surface area contributed by atoms with Crippen LogP contribution in [0.2, 0.25) is 0 Å². The molecule has 0 atom stereocenters. The quantitative estimate of drug-likeness (QED) is 0.0950. The van der Waals surface area contributed by atoms with Gasteiger partial charge >= 0.3 is 24.7 Å². The predicted molar refractivity (Wildman–Crippen MR) is 196 cm³/mol. The Kier molecular flexibility index (Phi) is 9.92. The van der Waals surface area contributed by atoms with E-state index in [1.807, 2.05) is 0 Å². The van der Waals surface area contributed by atoms with Gasteiger partial charge < -0.3 is 9.13 Å². The molecule has 7 rings (SSSR count). The molecule has 7 aromatic rings. The number of rotatable bonds is 6. The molecule has 0 spiro atoms. The summed E-state index contributed by atoms with van der Waals surface area (Å²) in [5.41, 5.74) is -4.97. The van der Waals surface area contributed by atoms with Gasteiger partial charge in [0.25, 0.3) is 0 Å². The van der Waals surface area contributed by atoms with Gasteiger partial charge in [0.05, 0.1) is 33.3 Å². The average molecular weight is 853 g/mol. The fourth-order valence-corrected chi connectivity index (χ4v) is 11.3. The van der Waals surface area contributed by atoms with E-state index >= 15 is 9.13 Å². The topological polar surface area (TPSA) is 59.9 Å². The number of hydrogen-bond acceptors (Lipinski definition) is 4. The third-order valence-corrected chi connectivity index (χ3v) is 15.3. The van der Waals surface area contributed by atoms with Crippen LogP contribution in [-0.4, -0.2) is 9.97 Å². The van der Waals surface area contributed by atoms with Crippen LogP contribution in [0.4, 0.5) is 52.7 Å². The lowest BCUT2D eigenvalue weighted by atomic mass is 10.1. The Balaban J connectivity index is 1.46. The molecule has 0 radical (unpaired) electrons. The molecule has 0 unspecified atom stereocenters. The van der Waals surface area contributed by atoms with E-state index in [1.165, 1.54) is 24.3 Å². The van der Waals surface area contributed by atoms with E-state index < -0.39 is 61.2 Å². The van der Waals surface area contributed by atoms with Crippen molar-refractivity contribution in [3.8, 4) is 0 Å². The SMILES string of the molecule is O=P(c1ccc(C(F)(F)F)cc1)(c1ccc(C(F)(F)F)cc1)c1ccc2ccc3ccc(P(=O)(c4ccc(C(F)(F)F)cc4)c4ccc(C(F)(F)F)cc4)nc3c2n1. The van der Waals surface area contributed by atoms with E-state index in [2.05, 4.69) is 9.97 Å². The van der Waals surface area contributed by atoms with Crippen LogP contribution in [0.5, 0.6) is 0 Å². The highest BCUT2D eigenvalue weighted by molar-refractivity contribution is 7.85. The molecule has 0 saturated carbocycles. The molecule has 58 heavy (non-hydrogen) atoms. The van der Waals surface area contributed by atoms with Crippen LogP contribution in [0.25, 0.3) is 21.8 Å². The molecule has 0 saturated heterocycles. The smallest absolute Gasteiger partial charge is 0.307 e. The largest absolute Gasteiger partial charge is 0.416 e. The molecule has 0 aliphatic heterocycles. The molecule has 0 N–H and O–H groups in total. The van der Waals surface area contributed by atoms with Gasteiger partial charge in [0.15, 0.2) is 14.3 Å². The van der Waals surface area contributed by atoms with Gasteiger partial charge in [-0.1, -0.05) is 72.8 Å². The average Bonchev–Trinajstić information content (AvgIpc) is 3.18. The Hall–Kier alpha value is -5.46. The normalized spacial score (nSPS) is 13.3. The number of fused-ring (bicyclic) bond motifs is 3. The van der Waals surface area contributed by atoms with Crippen molar-refractivity contribution in [3.05, 3.63) is 156 Å². The summed E-state index contributed by atoms with van der Waals surface area (Å²) in [5, 5.41) is -0.201. The van der Waals surface area contributed by atoms with Crippen molar-refractivity contribution in [2.24, 2.45) is 0 Å². The highest BCUT2D eigenvalue weighted by Gasteiger charge is 2.38. The van der Waals surface area contributed by atoms with Crippen LogP contribution in [-0.2, 0) is 33.8 Å². The van der Waals surface area contributed by atoms with E-state index in [1.54, 1.807) is 12.1 Å². The third kappa shape index (κ3) is 7.39. The van der Waals surface area contributed by atoms with E-state index in [0.717, 1.165) is 48.5 Å². The van der Waals surface area contributed by atoms with E-state index in [4.69, 9.17) is 0 Å². The first-order valence-electron chi connectivity index (χ1n) is 16.6. The van der Waals surface area contributed by atoms with Gasteiger partial charge in [-0.3, -0.25) is 0 Å². The molecule has 2 heterocycles. The van der Waals surface area contributed by atoms with Crippen LogP contribution in [0, 0.1) is 0 Å². The number of halogens is 12. The zero-order valence-corrected chi connectivity index (χ0v) is 30.6. The monoisotopic (exact) mass is 852 g/mol. The van der Waals surface area contributed by atoms with Crippen molar-refractivity contribution in [1.29, 1.82) is 0 Å². The second-order valence-electron chi connectivity index (χ2n) is 12.9. The predicted octanol–water partition coefficient (Wildman–Crippen LogP) is 10.1. The number of benzene rings is 5. The molecular formula is C40H22F12N2O2P2. The third-order valence-electron chi connectivity index (χ3n) is 9.37. The number of alkyl halides is 12. The highest BCUT2D eigenvalue weighted by atomic mass is 31.2. The van der Waals surface area contributed by atoms with Crippen molar-refractivity contribution in [2.75, 3.05) is 0 Å². The highest BCUT2D eigenvalue weighted by Crippen LogP contribution is 2.46. The number of aromatic nitrogens is 2. The summed E-state index contributed by atoms with van der Waals surface area (Å²) in [6, 6.07) is 21.3. The van der Waals surface area contributed by atoms with Gasteiger partial charge in [-0.25, -0.2) is 9.97 Å². The summed E-state index contributed by atoms with van der Waals surface area (Å²) in [6.45, 7) is 0. The Morgan fingerprint density at radius 2 is 0.517 bits per heavy atom. The maximum absolute atomic E-state index is 15.3. The maximum atomic E-state index is 15.3. The summed E-state index contributed by atoms with van der Waals surface area (Å²) in [6.07, 6.45) is -19.1. The van der Waals surface area contributed by atoms with Crippen LogP contribution in [0.1, 0.15) is 22.3 Å². The minimum Gasteiger partial charge on any atom is -0.307 e. The lowest BCUT2D eigenvalue weighted by Gasteiger charge is -2.22. The van der Waals surface area contributed by atoms with Crippen LogP contribution >= 0.6 is 14.3 Å². The molecule has 0 aliphatic carbocycles. The first-order chi connectivity index (χ1) is 27.0. The Morgan fingerprint density at radius 1 is 0.310 bits per heavy atom. The number of pyridine rings is 2. The molecule has 4 nitrogen and oxygen atoms in total. The van der Waals surface area contributed by atoms with Gasteiger partial charge in [0.1, 0.15) is 10.9 Å². The first kappa shape index (κ1) is 40.7. The van der Waals surface area contributed by atoms with Gasteiger partial charge in [0, 0.05) is 32.0 Å². The van der Waals surface area contributed by atoms with Gasteiger partial charge in [-0.2, -0.15) is 52.7 Å². The molecule has 0 aliphatic rings. The fourth-order valence-electron chi connectivity index (χ4n) is 6.37. The molecule has 0 amide bonds. The minimum atomic E-state index is -4.78. The molecule has 0 bridgehead atoms. The summed E-state index contributed by atoms with van der Waals surface area (Å²) in [5.74, 6) is 0. The fraction of sp³-hybridized carbons (Fsp3) is 0.100. The molecule has 18 heteroatoms. The summed E-state index contributed by atoms with van der Waals surface area (Å²) < 4.78 is 193. The molecular weight excluding hydrogens is 830 g/mol. The van der Waals surface area contributed by atoms with Crippen molar-refractivity contribution in [1.82, 2.24) is 9.97 Å². The number of hydrogen-bond donors (Lipinski definition) is 0. The van der Waals surface area contributed by atoms with E-state index in [-0.39, 0.29) is 43.1 Å². The molecule has 0 fully saturated rings. The maximum Gasteiger partial charge on any atom is 0.416 e. The Bertz CT molecular complexity index is 2450. The first-order valence-corrected chi connectivity index (χ1v) is 20.1. The number of nitrogens with zero attached hydrogens (tertiary/aromatic N) is 2. The second kappa shape index (κ2) is 14.1. The van der Waals surface area contributed by atoms with Crippen molar-refractivity contribution in [3.63, 3.8) is 0 Å². The van der Waals surface area contributed by atoms with Crippen LogP contribution in [0.15, 0.2) is 133 Å². The Labute approximate surface area is 319 Å². The molecule has 5 aromatic carbocycles. The molecule has 298 valence electrons. The minimum absolute atomic E-state index is 0.0257. The second-order valence-corrected chi connectivity index (χ2v) is 18.4. The lowest BCUT2D eigenvalue weighted by Crippen LogP contribution is -2.28. The van der Waals surface area contributed by atoms with Crippen molar-refractivity contribution >= 4 is 68.2 Å². The molecule has 2 aromatic heterocycles. The summed E-state index contributed by atoms with van der Waals surface area (Å²) in [7, 11) is -8.78. The van der Waals surface area contributed by atoms with Crippen molar-refractivity contribution in [2.45, 2.75) is 24.7 Å². The van der Waals surface area contributed by atoms with Gasteiger partial charge in [-0.15, -0.1) is 0 Å². The Morgan fingerprint density at radius 3 is 0.724 bits per heavy atom. The van der Waals surface area contributed by atoms with Crippen LogP contribution < -0.4 is 32.1 Å². The summed E-state index contributed by atoms with van der Waals surface area (Å²) in [4.78, 5) is 9.21. The van der Waals surface area contributed by atoms with Gasteiger partial charge in [0.2, 0.25) is 0 Å². The van der Waals surface area contributed by atoms with Crippen molar-refractivity contribution < 1.29 is 61.8 Å². The van der Waals surface area contributed by atoms with E-state index in [9.17, 15) is 52.7 Å². The zero-order chi connectivity index (χ0) is 42.1. The van der Waals surface area contributed by atoms with Gasteiger partial charge in [-0.05, 0) is 60.7 Å².